The molecule has 2 fully saturated rings. The minimum Gasteiger partial charge on any atom is -0.444 e. The zero-order chi connectivity index (χ0) is 25.3. The van der Waals surface area contributed by atoms with Gasteiger partial charge in [-0.3, -0.25) is 28.9 Å². The molecule has 3 amide bonds. The van der Waals surface area contributed by atoms with Crippen molar-refractivity contribution in [3.05, 3.63) is 28.7 Å². The van der Waals surface area contributed by atoms with Gasteiger partial charge in [-0.15, -0.1) is 0 Å². The third-order valence-electron chi connectivity index (χ3n) is 6.39. The second-order valence-electron chi connectivity index (χ2n) is 10.1. The normalized spacial score (nSPS) is 19.7. The fraction of sp³-hybridized carbons (Fsp3) is 0.583. The Labute approximate surface area is 204 Å². The summed E-state index contributed by atoms with van der Waals surface area (Å²) in [6.07, 6.45) is 0.234. The number of para-hydroxylation sites is 1. The number of nitrogens with one attached hydrogen (secondary N) is 2. The number of aryl methyl sites for hydroxylation is 1. The third-order valence-corrected chi connectivity index (χ3v) is 6.39. The number of carbonyl (C=O) groups is 3. The maximum Gasteiger partial charge on any atom is 0.410 e. The van der Waals surface area contributed by atoms with Gasteiger partial charge in [0, 0.05) is 52.7 Å². The van der Waals surface area contributed by atoms with Crippen molar-refractivity contribution in [3.63, 3.8) is 0 Å². The highest BCUT2D eigenvalue weighted by atomic mass is 16.6. The molecule has 0 bridgehead atoms. The summed E-state index contributed by atoms with van der Waals surface area (Å²) in [4.78, 5) is 53.3. The van der Waals surface area contributed by atoms with Crippen LogP contribution in [0.1, 0.15) is 39.7 Å². The van der Waals surface area contributed by atoms with Gasteiger partial charge < -0.3 is 15.0 Å². The Morgan fingerprint density at radius 1 is 1.14 bits per heavy atom. The number of piperazine rings is 1. The number of imide groups is 1. The van der Waals surface area contributed by atoms with Crippen molar-refractivity contribution in [3.8, 4) is 0 Å². The van der Waals surface area contributed by atoms with Crippen LogP contribution in [0, 0.1) is 0 Å². The highest BCUT2D eigenvalue weighted by Gasteiger charge is 2.31. The summed E-state index contributed by atoms with van der Waals surface area (Å²) >= 11 is 0. The molecule has 0 saturated carbocycles. The fourth-order valence-electron chi connectivity index (χ4n) is 4.64. The van der Waals surface area contributed by atoms with E-state index in [4.69, 9.17) is 4.74 Å². The Morgan fingerprint density at radius 2 is 1.86 bits per heavy atom. The zero-order valence-corrected chi connectivity index (χ0v) is 20.8. The Morgan fingerprint density at radius 3 is 2.51 bits per heavy atom. The zero-order valence-electron chi connectivity index (χ0n) is 20.8. The first kappa shape index (κ1) is 24.8. The number of hydrogen-bond donors (Lipinski definition) is 2. The van der Waals surface area contributed by atoms with Crippen LogP contribution in [0.5, 0.6) is 0 Å². The van der Waals surface area contributed by atoms with E-state index in [1.54, 1.807) is 16.5 Å². The van der Waals surface area contributed by atoms with Gasteiger partial charge in [-0.1, -0.05) is 6.07 Å². The van der Waals surface area contributed by atoms with Gasteiger partial charge in [0.1, 0.15) is 11.6 Å². The van der Waals surface area contributed by atoms with Crippen molar-refractivity contribution in [1.82, 2.24) is 24.3 Å². The predicted molar refractivity (Wildman–Crippen MR) is 131 cm³/mol. The number of amides is 3. The topological polar surface area (TPSA) is 118 Å². The van der Waals surface area contributed by atoms with E-state index in [9.17, 15) is 19.2 Å². The first-order valence-corrected chi connectivity index (χ1v) is 12.0. The molecule has 1 aromatic heterocycles. The molecule has 1 unspecified atom stereocenters. The lowest BCUT2D eigenvalue weighted by Crippen LogP contribution is -2.50. The van der Waals surface area contributed by atoms with E-state index in [1.807, 2.05) is 39.0 Å². The van der Waals surface area contributed by atoms with E-state index >= 15 is 0 Å². The molecule has 0 radical (unpaired) electrons. The van der Waals surface area contributed by atoms with Crippen molar-refractivity contribution < 1.29 is 19.1 Å². The van der Waals surface area contributed by atoms with E-state index in [-0.39, 0.29) is 24.1 Å². The molecule has 1 atom stereocenters. The number of anilines is 1. The number of imidazole rings is 1. The maximum atomic E-state index is 13.0. The highest BCUT2D eigenvalue weighted by Crippen LogP contribution is 2.27. The fourth-order valence-corrected chi connectivity index (χ4v) is 4.64. The van der Waals surface area contributed by atoms with Crippen LogP contribution >= 0.6 is 0 Å². The lowest BCUT2D eigenvalue weighted by atomic mass is 10.1. The maximum absolute atomic E-state index is 13.0. The van der Waals surface area contributed by atoms with Gasteiger partial charge in [0.2, 0.25) is 11.8 Å². The van der Waals surface area contributed by atoms with E-state index in [0.717, 1.165) is 30.8 Å². The quantitative estimate of drug-likeness (QED) is 0.612. The smallest absolute Gasteiger partial charge is 0.410 e. The summed E-state index contributed by atoms with van der Waals surface area (Å²) in [5.74, 6) is -0.756. The standard InChI is InChI=1S/C24H34N6O5/c1-24(2,3)35-23(34)29-14-12-28(13-15-29)11-10-25-16-6-5-7-17-20(16)27(4)22(33)30(17)18-8-9-19(31)26-21(18)32/h5-7,18,25H,8-15H2,1-4H3,(H,26,31,32). The summed E-state index contributed by atoms with van der Waals surface area (Å²) in [5, 5.41) is 5.76. The molecule has 11 nitrogen and oxygen atoms in total. The molecule has 0 spiro atoms. The van der Waals surface area contributed by atoms with Gasteiger partial charge in [0.15, 0.2) is 0 Å². The third kappa shape index (κ3) is 5.34. The number of carbonyl (C=O) groups excluding carboxylic acids is 3. The molecule has 11 heteroatoms. The van der Waals surface area contributed by atoms with E-state index in [1.165, 1.54) is 4.57 Å². The van der Waals surface area contributed by atoms with E-state index < -0.39 is 17.6 Å². The molecular formula is C24H34N6O5. The number of rotatable bonds is 5. The van der Waals surface area contributed by atoms with Gasteiger partial charge in [-0.2, -0.15) is 0 Å². The minimum absolute atomic E-state index is 0.207. The van der Waals surface area contributed by atoms with Gasteiger partial charge in [0.05, 0.1) is 16.7 Å². The lowest BCUT2D eigenvalue weighted by molar-refractivity contribution is -0.135. The molecule has 4 rings (SSSR count). The van der Waals surface area contributed by atoms with E-state index in [2.05, 4.69) is 15.5 Å². The summed E-state index contributed by atoms with van der Waals surface area (Å²) < 4.78 is 8.48. The van der Waals surface area contributed by atoms with Crippen LogP contribution in [0.15, 0.2) is 23.0 Å². The van der Waals surface area contributed by atoms with Gasteiger partial charge in [0.25, 0.3) is 0 Å². The first-order valence-electron chi connectivity index (χ1n) is 12.0. The second-order valence-corrected chi connectivity index (χ2v) is 10.1. The summed E-state index contributed by atoms with van der Waals surface area (Å²) in [6.45, 7) is 9.78. The van der Waals surface area contributed by atoms with Crippen LogP contribution in [0.25, 0.3) is 11.0 Å². The van der Waals surface area contributed by atoms with Gasteiger partial charge in [-0.05, 0) is 39.3 Å². The summed E-state index contributed by atoms with van der Waals surface area (Å²) in [5.41, 5.74) is 1.39. The van der Waals surface area contributed by atoms with Crippen LogP contribution in [-0.2, 0) is 21.4 Å². The number of fused-ring (bicyclic) bond motifs is 1. The van der Waals surface area contributed by atoms with Crippen molar-refractivity contribution in [2.24, 2.45) is 7.05 Å². The van der Waals surface area contributed by atoms with Crippen LogP contribution in [0.2, 0.25) is 0 Å². The monoisotopic (exact) mass is 486 g/mol. The molecule has 2 aromatic rings. The molecule has 190 valence electrons. The average Bonchev–Trinajstić information content (AvgIpc) is 3.04. The molecule has 3 heterocycles. The highest BCUT2D eigenvalue weighted by molar-refractivity contribution is 6.00. The number of piperidine rings is 1. The molecule has 1 aromatic carbocycles. The van der Waals surface area contributed by atoms with Crippen LogP contribution in [0.3, 0.4) is 0 Å². The van der Waals surface area contributed by atoms with E-state index in [0.29, 0.717) is 31.6 Å². The lowest BCUT2D eigenvalue weighted by Gasteiger charge is -2.35. The Hall–Kier alpha value is -3.34. The van der Waals surface area contributed by atoms with Gasteiger partial charge in [-0.25, -0.2) is 9.59 Å². The van der Waals surface area contributed by atoms with Crippen LogP contribution in [-0.4, -0.2) is 81.7 Å². The number of benzene rings is 1. The largest absolute Gasteiger partial charge is 0.444 e. The minimum atomic E-state index is -0.708. The molecule has 2 aliphatic heterocycles. The predicted octanol–water partition coefficient (Wildman–Crippen LogP) is 1.28. The average molecular weight is 487 g/mol. The molecule has 35 heavy (non-hydrogen) atoms. The van der Waals surface area contributed by atoms with Gasteiger partial charge >= 0.3 is 11.8 Å². The van der Waals surface area contributed by atoms with Crippen LogP contribution < -0.4 is 16.3 Å². The molecule has 2 N–H and O–H groups in total. The molecule has 0 aliphatic carbocycles. The number of nitrogens with zero attached hydrogens (tertiary/aromatic N) is 4. The molecular weight excluding hydrogens is 452 g/mol. The molecule has 2 aliphatic rings. The van der Waals surface area contributed by atoms with Crippen molar-refractivity contribution in [2.45, 2.75) is 45.3 Å². The van der Waals surface area contributed by atoms with Crippen molar-refractivity contribution >= 4 is 34.6 Å². The second kappa shape index (κ2) is 9.73. The number of hydrogen-bond acceptors (Lipinski definition) is 7. The Kier molecular flexibility index (Phi) is 6.88. The summed E-state index contributed by atoms with van der Waals surface area (Å²) in [6, 6.07) is 4.88. The van der Waals surface area contributed by atoms with Crippen LogP contribution in [0.4, 0.5) is 10.5 Å². The first-order chi connectivity index (χ1) is 16.5. The Bertz CT molecular complexity index is 1190. The SMILES string of the molecule is Cn1c(=O)n(C2CCC(=O)NC2=O)c2cccc(NCCN3CCN(C(=O)OC(C)(C)C)CC3)c21. The van der Waals surface area contributed by atoms with Crippen molar-refractivity contribution in [1.29, 1.82) is 0 Å². The number of aromatic nitrogens is 2. The molecule has 2 saturated heterocycles. The van der Waals surface area contributed by atoms with Crippen molar-refractivity contribution in [2.75, 3.05) is 44.6 Å². The number of ether oxygens (including phenoxy) is 1. The summed E-state index contributed by atoms with van der Waals surface area (Å²) in [7, 11) is 1.69. The Balaban J connectivity index is 1.40.